The Balaban J connectivity index is 1.74. The molecule has 7 heteroatoms. The van der Waals surface area contributed by atoms with Gasteiger partial charge in [-0.25, -0.2) is 0 Å². The molecule has 1 saturated carbocycles. The van der Waals surface area contributed by atoms with Crippen LogP contribution in [0.15, 0.2) is 48.5 Å². The zero-order valence-electron chi connectivity index (χ0n) is 17.7. The van der Waals surface area contributed by atoms with Gasteiger partial charge in [0.2, 0.25) is 5.91 Å². The fraction of sp³-hybridized carbons (Fsp3) is 0.417. The summed E-state index contributed by atoms with van der Waals surface area (Å²) >= 11 is 11.9. The molecule has 1 N–H and O–H groups in total. The smallest absolute Gasteiger partial charge is 0.261 e. The quantitative estimate of drug-likeness (QED) is 0.554. The molecule has 0 heterocycles. The molecule has 31 heavy (non-hydrogen) atoms. The van der Waals surface area contributed by atoms with Crippen molar-refractivity contribution in [2.24, 2.45) is 0 Å². The van der Waals surface area contributed by atoms with Gasteiger partial charge >= 0.3 is 0 Å². The Bertz CT molecular complexity index is 865. The van der Waals surface area contributed by atoms with E-state index in [0.29, 0.717) is 28.8 Å². The molecule has 3 rings (SSSR count). The summed E-state index contributed by atoms with van der Waals surface area (Å²) in [6.45, 7) is 2.06. The van der Waals surface area contributed by atoms with E-state index >= 15 is 0 Å². The fourth-order valence-electron chi connectivity index (χ4n) is 3.83. The maximum Gasteiger partial charge on any atom is 0.261 e. The summed E-state index contributed by atoms with van der Waals surface area (Å²) < 4.78 is 5.67. The molecule has 0 radical (unpaired) electrons. The van der Waals surface area contributed by atoms with Crippen molar-refractivity contribution in [3.8, 4) is 5.75 Å². The summed E-state index contributed by atoms with van der Waals surface area (Å²) in [5.74, 6) is 0.189. The molecule has 5 nitrogen and oxygen atoms in total. The van der Waals surface area contributed by atoms with E-state index in [1.54, 1.807) is 41.3 Å². The summed E-state index contributed by atoms with van der Waals surface area (Å²) in [5.41, 5.74) is 0.899. The van der Waals surface area contributed by atoms with Gasteiger partial charge in [-0.2, -0.15) is 0 Å². The number of benzene rings is 2. The minimum Gasteiger partial charge on any atom is -0.484 e. The van der Waals surface area contributed by atoms with E-state index in [4.69, 9.17) is 27.9 Å². The molecule has 0 aliphatic heterocycles. The van der Waals surface area contributed by atoms with Gasteiger partial charge in [0.15, 0.2) is 6.61 Å². The first-order valence-electron chi connectivity index (χ1n) is 10.7. The molecule has 1 aliphatic rings. The lowest BCUT2D eigenvalue weighted by molar-refractivity contribution is -0.143. The summed E-state index contributed by atoms with van der Waals surface area (Å²) in [4.78, 5) is 27.8. The van der Waals surface area contributed by atoms with Crippen molar-refractivity contribution in [2.45, 2.75) is 57.7 Å². The van der Waals surface area contributed by atoms with Crippen LogP contribution in [-0.2, 0) is 16.1 Å². The molecule has 2 aromatic carbocycles. The normalized spacial score (nSPS) is 14.8. The first kappa shape index (κ1) is 23.4. The lowest BCUT2D eigenvalue weighted by Gasteiger charge is -2.31. The molecule has 2 amide bonds. The van der Waals surface area contributed by atoms with Gasteiger partial charge in [0, 0.05) is 22.6 Å². The Labute approximate surface area is 193 Å². The van der Waals surface area contributed by atoms with Crippen molar-refractivity contribution in [3.05, 3.63) is 64.1 Å². The average molecular weight is 463 g/mol. The number of rotatable bonds is 9. The standard InChI is InChI=1S/C24H28Cl2N2O3/c1-2-22(24(30)27-20-5-3-4-6-20)28(15-17-7-9-18(25)10-8-17)23(29)16-31-21-13-11-19(26)12-14-21/h7-14,20,22H,2-6,15-16H2,1H3,(H,27,30)/t22-/m1/s1. The van der Waals surface area contributed by atoms with E-state index in [1.807, 2.05) is 19.1 Å². The summed E-state index contributed by atoms with van der Waals surface area (Å²) in [5, 5.41) is 4.35. The third-order valence-corrected chi connectivity index (χ3v) is 6.03. The molecule has 2 aromatic rings. The van der Waals surface area contributed by atoms with Crippen LogP contribution in [0, 0.1) is 0 Å². The minimum atomic E-state index is -0.572. The second-order valence-corrected chi connectivity index (χ2v) is 8.68. The maximum absolute atomic E-state index is 13.2. The molecule has 1 aliphatic carbocycles. The van der Waals surface area contributed by atoms with Crippen molar-refractivity contribution in [2.75, 3.05) is 6.61 Å². The number of nitrogens with one attached hydrogen (secondary N) is 1. The van der Waals surface area contributed by atoms with E-state index in [0.717, 1.165) is 31.2 Å². The SMILES string of the molecule is CC[C@H](C(=O)NC1CCCC1)N(Cc1ccc(Cl)cc1)C(=O)COc1ccc(Cl)cc1. The third-order valence-electron chi connectivity index (χ3n) is 5.53. The summed E-state index contributed by atoms with van der Waals surface area (Å²) in [6, 6.07) is 13.7. The van der Waals surface area contributed by atoms with Crippen LogP contribution in [0.2, 0.25) is 10.0 Å². The Kier molecular flexibility index (Phi) is 8.61. The van der Waals surface area contributed by atoms with Crippen molar-refractivity contribution >= 4 is 35.0 Å². The number of carbonyl (C=O) groups is 2. The fourth-order valence-corrected chi connectivity index (χ4v) is 4.08. The van der Waals surface area contributed by atoms with Gasteiger partial charge in [-0.1, -0.05) is 55.1 Å². The molecule has 0 spiro atoms. The number of hydrogen-bond acceptors (Lipinski definition) is 3. The topological polar surface area (TPSA) is 58.6 Å². The van der Waals surface area contributed by atoms with Crippen LogP contribution in [0.5, 0.6) is 5.75 Å². The van der Waals surface area contributed by atoms with E-state index in [2.05, 4.69) is 5.32 Å². The zero-order chi connectivity index (χ0) is 22.2. The van der Waals surface area contributed by atoms with E-state index in [9.17, 15) is 9.59 Å². The summed E-state index contributed by atoms with van der Waals surface area (Å²) in [7, 11) is 0. The van der Waals surface area contributed by atoms with Crippen LogP contribution in [0.4, 0.5) is 0 Å². The molecule has 1 fully saturated rings. The highest BCUT2D eigenvalue weighted by atomic mass is 35.5. The Morgan fingerprint density at radius 3 is 2.19 bits per heavy atom. The predicted molar refractivity (Wildman–Crippen MR) is 123 cm³/mol. The highest BCUT2D eigenvalue weighted by molar-refractivity contribution is 6.30. The Morgan fingerprint density at radius 1 is 1.03 bits per heavy atom. The van der Waals surface area contributed by atoms with Crippen LogP contribution in [0.25, 0.3) is 0 Å². The van der Waals surface area contributed by atoms with Crippen LogP contribution in [-0.4, -0.2) is 35.4 Å². The van der Waals surface area contributed by atoms with Gasteiger partial charge in [0.05, 0.1) is 0 Å². The van der Waals surface area contributed by atoms with Crippen LogP contribution in [0.1, 0.15) is 44.6 Å². The molecule has 0 unspecified atom stereocenters. The second-order valence-electron chi connectivity index (χ2n) is 7.80. The van der Waals surface area contributed by atoms with Gasteiger partial charge in [-0.15, -0.1) is 0 Å². The minimum absolute atomic E-state index is 0.108. The van der Waals surface area contributed by atoms with Crippen molar-refractivity contribution in [1.29, 1.82) is 0 Å². The molecular weight excluding hydrogens is 435 g/mol. The largest absolute Gasteiger partial charge is 0.484 e. The van der Waals surface area contributed by atoms with Gasteiger partial charge < -0.3 is 15.0 Å². The van der Waals surface area contributed by atoms with Gasteiger partial charge in [-0.05, 0) is 61.2 Å². The first-order valence-corrected chi connectivity index (χ1v) is 11.4. The lowest BCUT2D eigenvalue weighted by Crippen LogP contribution is -2.52. The first-order chi connectivity index (χ1) is 15.0. The van der Waals surface area contributed by atoms with Crippen molar-refractivity contribution < 1.29 is 14.3 Å². The van der Waals surface area contributed by atoms with Gasteiger partial charge in [0.1, 0.15) is 11.8 Å². The molecule has 1 atom stereocenters. The maximum atomic E-state index is 13.2. The van der Waals surface area contributed by atoms with Crippen LogP contribution < -0.4 is 10.1 Å². The molecular formula is C24H28Cl2N2O3. The Hall–Kier alpha value is -2.24. The van der Waals surface area contributed by atoms with Gasteiger partial charge in [-0.3, -0.25) is 9.59 Å². The van der Waals surface area contributed by atoms with E-state index < -0.39 is 6.04 Å². The van der Waals surface area contributed by atoms with Crippen LogP contribution in [0.3, 0.4) is 0 Å². The van der Waals surface area contributed by atoms with E-state index in [1.165, 1.54) is 0 Å². The molecule has 0 bridgehead atoms. The van der Waals surface area contributed by atoms with Crippen molar-refractivity contribution in [1.82, 2.24) is 10.2 Å². The highest BCUT2D eigenvalue weighted by Gasteiger charge is 2.30. The average Bonchev–Trinajstić information content (AvgIpc) is 3.27. The zero-order valence-corrected chi connectivity index (χ0v) is 19.2. The lowest BCUT2D eigenvalue weighted by atomic mass is 10.1. The number of ether oxygens (including phenoxy) is 1. The predicted octanol–water partition coefficient (Wildman–Crippen LogP) is 5.24. The van der Waals surface area contributed by atoms with E-state index in [-0.39, 0.29) is 24.5 Å². The van der Waals surface area contributed by atoms with Crippen LogP contribution >= 0.6 is 23.2 Å². The summed E-state index contributed by atoms with van der Waals surface area (Å²) in [6.07, 6.45) is 4.76. The molecule has 0 saturated heterocycles. The third kappa shape index (κ3) is 6.88. The highest BCUT2D eigenvalue weighted by Crippen LogP contribution is 2.20. The Morgan fingerprint density at radius 2 is 1.61 bits per heavy atom. The monoisotopic (exact) mass is 462 g/mol. The number of hydrogen-bond donors (Lipinski definition) is 1. The molecule has 166 valence electrons. The molecule has 0 aromatic heterocycles. The number of carbonyl (C=O) groups excluding carboxylic acids is 2. The second kappa shape index (κ2) is 11.4. The van der Waals surface area contributed by atoms with Gasteiger partial charge in [0.25, 0.3) is 5.91 Å². The number of nitrogens with zero attached hydrogens (tertiary/aromatic N) is 1. The number of halogens is 2. The number of amides is 2. The van der Waals surface area contributed by atoms with Crippen molar-refractivity contribution in [3.63, 3.8) is 0 Å².